The third kappa shape index (κ3) is 3.47. The van der Waals surface area contributed by atoms with Gasteiger partial charge in [0.2, 0.25) is 0 Å². The van der Waals surface area contributed by atoms with Crippen LogP contribution in [-0.2, 0) is 17.8 Å². The Labute approximate surface area is 114 Å². The summed E-state index contributed by atoms with van der Waals surface area (Å²) in [6.07, 6.45) is 2.81. The second-order valence-electron chi connectivity index (χ2n) is 4.64. The fourth-order valence-corrected chi connectivity index (χ4v) is 2.41. The van der Waals surface area contributed by atoms with Crippen molar-refractivity contribution in [3.8, 4) is 0 Å². The summed E-state index contributed by atoms with van der Waals surface area (Å²) in [6.45, 7) is 3.78. The van der Waals surface area contributed by atoms with Crippen LogP contribution in [0.15, 0.2) is 24.3 Å². The summed E-state index contributed by atoms with van der Waals surface area (Å²) in [5, 5.41) is 9.10. The second kappa shape index (κ2) is 6.76. The Morgan fingerprint density at radius 1 is 1.33 bits per heavy atom. The lowest BCUT2D eigenvalue weighted by Crippen LogP contribution is -2.35. The number of nitrogens with zero attached hydrogens (tertiary/aromatic N) is 1. The van der Waals surface area contributed by atoms with Gasteiger partial charge in [0, 0.05) is 6.54 Å². The summed E-state index contributed by atoms with van der Waals surface area (Å²) in [5.74, 6) is -0.687. The van der Waals surface area contributed by atoms with E-state index in [-0.39, 0.29) is 18.4 Å². The molecule has 0 aliphatic carbocycles. The van der Waals surface area contributed by atoms with E-state index in [1.54, 1.807) is 0 Å². The first kappa shape index (κ1) is 15.0. The maximum absolute atomic E-state index is 11.1. The molecule has 1 fully saturated rings. The maximum atomic E-state index is 11.1. The molecule has 1 aliphatic heterocycles. The molecule has 4 heteroatoms. The number of hydrogen-bond acceptors (Lipinski definition) is 2. The summed E-state index contributed by atoms with van der Waals surface area (Å²) in [6, 6.07) is 8.18. The van der Waals surface area contributed by atoms with E-state index < -0.39 is 5.97 Å². The fraction of sp³-hybridized carbons (Fsp3) is 0.500. The van der Waals surface area contributed by atoms with Gasteiger partial charge in [0.25, 0.3) is 0 Å². The van der Waals surface area contributed by atoms with Crippen molar-refractivity contribution < 1.29 is 9.90 Å². The number of hydrogen-bond donors (Lipinski definition) is 1. The van der Waals surface area contributed by atoms with Crippen LogP contribution < -0.4 is 0 Å². The predicted octanol–water partition coefficient (Wildman–Crippen LogP) is 2.72. The number of carboxylic acids is 1. The Kier molecular flexibility index (Phi) is 5.63. The van der Waals surface area contributed by atoms with Gasteiger partial charge >= 0.3 is 5.97 Å². The number of likely N-dealkylation sites (tertiary alicyclic amines) is 1. The topological polar surface area (TPSA) is 40.5 Å². The van der Waals surface area contributed by atoms with Crippen LogP contribution in [0.4, 0.5) is 0 Å². The molecule has 1 saturated heterocycles. The quantitative estimate of drug-likeness (QED) is 0.914. The predicted molar refractivity (Wildman–Crippen MR) is 74.1 cm³/mol. The fourth-order valence-electron chi connectivity index (χ4n) is 2.41. The summed E-state index contributed by atoms with van der Waals surface area (Å²) < 4.78 is 0. The molecule has 0 spiro atoms. The zero-order chi connectivity index (χ0) is 12.3. The third-order valence-corrected chi connectivity index (χ3v) is 3.47. The lowest BCUT2D eigenvalue weighted by atomic mass is 10.1. The molecule has 0 amide bonds. The van der Waals surface area contributed by atoms with E-state index in [4.69, 9.17) is 5.11 Å². The number of aliphatic carboxylic acids is 1. The van der Waals surface area contributed by atoms with Gasteiger partial charge in [-0.25, -0.2) is 0 Å². The molecule has 0 aromatic heterocycles. The van der Waals surface area contributed by atoms with Gasteiger partial charge in [-0.05, 0) is 36.9 Å². The van der Waals surface area contributed by atoms with Crippen molar-refractivity contribution in [1.29, 1.82) is 0 Å². The van der Waals surface area contributed by atoms with Crippen molar-refractivity contribution in [3.63, 3.8) is 0 Å². The average Bonchev–Trinajstić information content (AvgIpc) is 2.78. The zero-order valence-corrected chi connectivity index (χ0v) is 11.4. The van der Waals surface area contributed by atoms with Crippen LogP contribution in [0.5, 0.6) is 0 Å². The van der Waals surface area contributed by atoms with E-state index in [0.29, 0.717) is 0 Å². The maximum Gasteiger partial charge on any atom is 0.320 e. The van der Waals surface area contributed by atoms with E-state index >= 15 is 0 Å². The molecule has 100 valence electrons. The van der Waals surface area contributed by atoms with Crippen LogP contribution in [0.25, 0.3) is 0 Å². The minimum absolute atomic E-state index is 0. The Bertz CT molecular complexity index is 391. The highest BCUT2D eigenvalue weighted by Gasteiger charge is 2.30. The van der Waals surface area contributed by atoms with Crippen molar-refractivity contribution >= 4 is 18.4 Å². The summed E-state index contributed by atoms with van der Waals surface area (Å²) in [5.41, 5.74) is 2.53. The van der Waals surface area contributed by atoms with Crippen molar-refractivity contribution in [2.24, 2.45) is 0 Å². The molecule has 1 aromatic rings. The van der Waals surface area contributed by atoms with Crippen LogP contribution in [0, 0.1) is 0 Å². The summed E-state index contributed by atoms with van der Waals surface area (Å²) in [7, 11) is 0. The molecule has 0 radical (unpaired) electrons. The molecule has 1 heterocycles. The molecule has 1 aromatic carbocycles. The number of carboxylic acid groups (broad SMARTS) is 1. The highest BCUT2D eigenvalue weighted by Crippen LogP contribution is 2.20. The Hall–Kier alpha value is -1.06. The van der Waals surface area contributed by atoms with Gasteiger partial charge in [0.15, 0.2) is 0 Å². The number of carbonyl (C=O) groups is 1. The standard InChI is InChI=1S/C14H19NO2.ClH/c1-2-11-5-7-12(8-6-11)10-15-9-3-4-13(15)14(16)17;/h5-8,13H,2-4,9-10H2,1H3,(H,16,17);1H. The zero-order valence-electron chi connectivity index (χ0n) is 10.6. The first-order valence-corrected chi connectivity index (χ1v) is 6.25. The molecule has 18 heavy (non-hydrogen) atoms. The third-order valence-electron chi connectivity index (χ3n) is 3.47. The second-order valence-corrected chi connectivity index (χ2v) is 4.64. The van der Waals surface area contributed by atoms with E-state index in [9.17, 15) is 4.79 Å². The normalized spacial score (nSPS) is 19.5. The largest absolute Gasteiger partial charge is 0.480 e. The monoisotopic (exact) mass is 269 g/mol. The lowest BCUT2D eigenvalue weighted by molar-refractivity contribution is -0.142. The van der Waals surface area contributed by atoms with Gasteiger partial charge in [-0.2, -0.15) is 0 Å². The number of halogens is 1. The van der Waals surface area contributed by atoms with Crippen LogP contribution in [0.2, 0.25) is 0 Å². The summed E-state index contributed by atoms with van der Waals surface area (Å²) >= 11 is 0. The number of rotatable bonds is 4. The first-order valence-electron chi connectivity index (χ1n) is 6.25. The molecular weight excluding hydrogens is 250 g/mol. The molecule has 1 N–H and O–H groups in total. The van der Waals surface area contributed by atoms with E-state index in [1.807, 2.05) is 0 Å². The highest BCUT2D eigenvalue weighted by atomic mass is 35.5. The number of benzene rings is 1. The molecule has 0 bridgehead atoms. The SMILES string of the molecule is CCc1ccc(CN2CCCC2C(=O)O)cc1.Cl. The lowest BCUT2D eigenvalue weighted by Gasteiger charge is -2.21. The molecule has 1 atom stereocenters. The van der Waals surface area contributed by atoms with Crippen LogP contribution in [0.1, 0.15) is 30.9 Å². The van der Waals surface area contributed by atoms with Crippen molar-refractivity contribution in [1.82, 2.24) is 4.90 Å². The van der Waals surface area contributed by atoms with Gasteiger partial charge < -0.3 is 5.11 Å². The van der Waals surface area contributed by atoms with E-state index in [2.05, 4.69) is 36.1 Å². The molecule has 1 aliphatic rings. The van der Waals surface area contributed by atoms with Gasteiger partial charge in [-0.1, -0.05) is 31.2 Å². The molecule has 3 nitrogen and oxygen atoms in total. The molecule has 2 rings (SSSR count). The minimum Gasteiger partial charge on any atom is -0.480 e. The van der Waals surface area contributed by atoms with E-state index in [1.165, 1.54) is 11.1 Å². The van der Waals surface area contributed by atoms with Gasteiger partial charge in [-0.3, -0.25) is 9.69 Å². The Morgan fingerprint density at radius 3 is 2.50 bits per heavy atom. The van der Waals surface area contributed by atoms with Gasteiger partial charge in [0.1, 0.15) is 6.04 Å². The van der Waals surface area contributed by atoms with Gasteiger partial charge in [0.05, 0.1) is 0 Å². The summed E-state index contributed by atoms with van der Waals surface area (Å²) in [4.78, 5) is 13.1. The van der Waals surface area contributed by atoms with Crippen LogP contribution in [0.3, 0.4) is 0 Å². The van der Waals surface area contributed by atoms with Crippen LogP contribution >= 0.6 is 12.4 Å². The van der Waals surface area contributed by atoms with Gasteiger partial charge in [-0.15, -0.1) is 12.4 Å². The van der Waals surface area contributed by atoms with E-state index in [0.717, 1.165) is 32.4 Å². The van der Waals surface area contributed by atoms with Crippen molar-refractivity contribution in [2.45, 2.75) is 38.8 Å². The molecule has 0 saturated carbocycles. The van der Waals surface area contributed by atoms with Crippen molar-refractivity contribution in [2.75, 3.05) is 6.54 Å². The first-order chi connectivity index (χ1) is 8.20. The van der Waals surface area contributed by atoms with Crippen molar-refractivity contribution in [3.05, 3.63) is 35.4 Å². The number of aryl methyl sites for hydroxylation is 1. The Morgan fingerprint density at radius 2 is 1.94 bits per heavy atom. The van der Waals surface area contributed by atoms with Crippen LogP contribution in [-0.4, -0.2) is 28.6 Å². The average molecular weight is 270 g/mol. The Balaban J connectivity index is 0.00000162. The molecular formula is C14H20ClNO2. The highest BCUT2D eigenvalue weighted by molar-refractivity contribution is 5.85. The molecule has 1 unspecified atom stereocenters. The minimum atomic E-state index is -0.687. The smallest absolute Gasteiger partial charge is 0.320 e.